The third-order valence-corrected chi connectivity index (χ3v) is 6.49. The zero-order chi connectivity index (χ0) is 21.6. The number of hydrogen-bond donors (Lipinski definition) is 0. The van der Waals surface area contributed by atoms with Gasteiger partial charge in [-0.1, -0.05) is 18.2 Å². The molecule has 2 aromatic heterocycles. The number of pyridine rings is 1. The van der Waals surface area contributed by atoms with Gasteiger partial charge in [0, 0.05) is 30.6 Å². The Kier molecular flexibility index (Phi) is 7.09. The number of carbonyl (C=O) groups is 2. The van der Waals surface area contributed by atoms with Gasteiger partial charge in [-0.05, 0) is 38.3 Å². The minimum Gasteiger partial charge on any atom is -0.368 e. The van der Waals surface area contributed by atoms with Crippen molar-refractivity contribution in [2.24, 2.45) is 5.92 Å². The Balaban J connectivity index is 1.49. The van der Waals surface area contributed by atoms with Crippen LogP contribution in [0.15, 0.2) is 41.9 Å². The second kappa shape index (κ2) is 10.2. The molecule has 3 heterocycles. The van der Waals surface area contributed by atoms with Crippen molar-refractivity contribution in [3.05, 3.63) is 58.3 Å². The van der Waals surface area contributed by atoms with Crippen LogP contribution in [0, 0.1) is 12.8 Å². The molecule has 0 unspecified atom stereocenters. The van der Waals surface area contributed by atoms with E-state index in [2.05, 4.69) is 22.1 Å². The standard InChI is InChI=1S/C23H28N4O3S/c1-17-25-20(16-31-17)11-26-12-21(30-15-19-9-5-6-10-24-19)13-27(14-22(26)28)23(29)18-7-3-2-4-8-18/h2-3,5-6,9-10,16,18,21H,4,7-8,11-15H2,1H3/t18-,21-/m0/s1. The average Bonchev–Trinajstić information content (AvgIpc) is 3.14. The van der Waals surface area contributed by atoms with Crippen molar-refractivity contribution in [2.75, 3.05) is 19.6 Å². The van der Waals surface area contributed by atoms with Crippen LogP contribution in [-0.2, 0) is 27.5 Å². The summed E-state index contributed by atoms with van der Waals surface area (Å²) in [7, 11) is 0. The van der Waals surface area contributed by atoms with E-state index in [0.29, 0.717) is 26.2 Å². The van der Waals surface area contributed by atoms with Gasteiger partial charge in [-0.3, -0.25) is 14.6 Å². The first kappa shape index (κ1) is 21.6. The number of carbonyl (C=O) groups excluding carboxylic acids is 2. The van der Waals surface area contributed by atoms with Gasteiger partial charge in [0.05, 0.1) is 42.2 Å². The molecule has 7 nitrogen and oxygen atoms in total. The second-order valence-electron chi connectivity index (χ2n) is 8.09. The molecule has 1 fully saturated rings. The monoisotopic (exact) mass is 440 g/mol. The lowest BCUT2D eigenvalue weighted by molar-refractivity contribution is -0.141. The van der Waals surface area contributed by atoms with Crippen LogP contribution in [0.1, 0.15) is 35.7 Å². The van der Waals surface area contributed by atoms with Crippen molar-refractivity contribution < 1.29 is 14.3 Å². The summed E-state index contributed by atoms with van der Waals surface area (Å²) in [5.74, 6) is -0.0632. The topological polar surface area (TPSA) is 75.6 Å². The van der Waals surface area contributed by atoms with Crippen LogP contribution in [0.2, 0.25) is 0 Å². The minimum atomic E-state index is -0.281. The van der Waals surface area contributed by atoms with E-state index in [9.17, 15) is 9.59 Å². The normalized spacial score (nSPS) is 21.9. The van der Waals surface area contributed by atoms with Crippen LogP contribution in [-0.4, -0.2) is 57.3 Å². The van der Waals surface area contributed by atoms with Crippen LogP contribution in [0.5, 0.6) is 0 Å². The lowest BCUT2D eigenvalue weighted by atomic mass is 9.93. The second-order valence-corrected chi connectivity index (χ2v) is 9.15. The molecule has 2 aliphatic rings. The largest absolute Gasteiger partial charge is 0.368 e. The Bertz CT molecular complexity index is 930. The van der Waals surface area contributed by atoms with Crippen molar-refractivity contribution >= 4 is 23.2 Å². The summed E-state index contributed by atoms with van der Waals surface area (Å²) in [6, 6.07) is 5.70. The average molecular weight is 441 g/mol. The molecule has 1 aliphatic carbocycles. The van der Waals surface area contributed by atoms with Crippen molar-refractivity contribution in [3.8, 4) is 0 Å². The summed E-state index contributed by atoms with van der Waals surface area (Å²) in [6.07, 6.45) is 8.12. The molecule has 0 spiro atoms. The van der Waals surface area contributed by atoms with Gasteiger partial charge in [0.2, 0.25) is 11.8 Å². The van der Waals surface area contributed by atoms with E-state index in [-0.39, 0.29) is 30.4 Å². The number of aryl methyl sites for hydroxylation is 1. The van der Waals surface area contributed by atoms with E-state index in [1.807, 2.05) is 30.5 Å². The molecule has 2 amide bonds. The fourth-order valence-corrected chi connectivity index (χ4v) is 4.65. The molecular formula is C23H28N4O3S. The van der Waals surface area contributed by atoms with E-state index in [0.717, 1.165) is 35.7 Å². The molecule has 4 rings (SSSR count). The Morgan fingerprint density at radius 3 is 2.87 bits per heavy atom. The summed E-state index contributed by atoms with van der Waals surface area (Å²) in [5.41, 5.74) is 1.70. The number of hydrogen-bond acceptors (Lipinski definition) is 6. The smallest absolute Gasteiger partial charge is 0.242 e. The summed E-state index contributed by atoms with van der Waals surface area (Å²) < 4.78 is 6.16. The first-order valence-electron chi connectivity index (χ1n) is 10.7. The fraction of sp³-hybridized carbons (Fsp3) is 0.478. The molecular weight excluding hydrogens is 412 g/mol. The van der Waals surface area contributed by atoms with Crippen molar-refractivity contribution in [2.45, 2.75) is 45.4 Å². The highest BCUT2D eigenvalue weighted by atomic mass is 32.1. The quantitative estimate of drug-likeness (QED) is 0.646. The highest BCUT2D eigenvalue weighted by Crippen LogP contribution is 2.23. The van der Waals surface area contributed by atoms with E-state index < -0.39 is 0 Å². The third kappa shape index (κ3) is 5.77. The highest BCUT2D eigenvalue weighted by molar-refractivity contribution is 7.09. The molecule has 164 valence electrons. The van der Waals surface area contributed by atoms with Crippen LogP contribution in [0.3, 0.4) is 0 Å². The van der Waals surface area contributed by atoms with Gasteiger partial charge in [0.15, 0.2) is 0 Å². The van der Waals surface area contributed by atoms with Crippen LogP contribution >= 0.6 is 11.3 Å². The number of rotatable bonds is 6. The molecule has 0 bridgehead atoms. The van der Waals surface area contributed by atoms with E-state index in [1.54, 1.807) is 27.3 Å². The number of ether oxygens (including phenoxy) is 1. The van der Waals surface area contributed by atoms with Gasteiger partial charge in [-0.15, -0.1) is 11.3 Å². The molecule has 2 aromatic rings. The number of amides is 2. The summed E-state index contributed by atoms with van der Waals surface area (Å²) in [5, 5.41) is 2.96. The maximum atomic E-state index is 13.2. The SMILES string of the molecule is Cc1nc(CN2C[C@H](OCc3ccccn3)CN(C(=O)[C@H]3CC=CCC3)CC2=O)cs1. The lowest BCUT2D eigenvalue weighted by Crippen LogP contribution is -2.43. The van der Waals surface area contributed by atoms with Crippen molar-refractivity contribution in [3.63, 3.8) is 0 Å². The first-order valence-corrected chi connectivity index (χ1v) is 11.6. The van der Waals surface area contributed by atoms with Gasteiger partial charge in [0.1, 0.15) is 0 Å². The fourth-order valence-electron chi connectivity index (χ4n) is 4.04. The zero-order valence-electron chi connectivity index (χ0n) is 17.8. The molecule has 31 heavy (non-hydrogen) atoms. The molecule has 2 atom stereocenters. The highest BCUT2D eigenvalue weighted by Gasteiger charge is 2.34. The predicted molar refractivity (Wildman–Crippen MR) is 118 cm³/mol. The summed E-state index contributed by atoms with van der Waals surface area (Å²) >= 11 is 1.57. The maximum Gasteiger partial charge on any atom is 0.242 e. The molecule has 0 radical (unpaired) electrons. The number of nitrogens with zero attached hydrogens (tertiary/aromatic N) is 4. The molecule has 0 N–H and O–H groups in total. The van der Waals surface area contributed by atoms with Crippen LogP contribution in [0.4, 0.5) is 0 Å². The summed E-state index contributed by atoms with van der Waals surface area (Å²) in [4.78, 5) is 38.5. The minimum absolute atomic E-state index is 0.0514. The van der Waals surface area contributed by atoms with E-state index in [1.165, 1.54) is 0 Å². The number of allylic oxidation sites excluding steroid dienone is 2. The molecule has 0 saturated carbocycles. The van der Waals surface area contributed by atoms with E-state index >= 15 is 0 Å². The Morgan fingerprint density at radius 2 is 2.16 bits per heavy atom. The van der Waals surface area contributed by atoms with Gasteiger partial charge in [-0.25, -0.2) is 4.98 Å². The van der Waals surface area contributed by atoms with Crippen molar-refractivity contribution in [1.82, 2.24) is 19.8 Å². The Labute approximate surface area is 186 Å². The molecule has 8 heteroatoms. The first-order chi connectivity index (χ1) is 15.1. The molecule has 1 saturated heterocycles. The molecule has 0 aromatic carbocycles. The predicted octanol–water partition coefficient (Wildman–Crippen LogP) is 2.96. The third-order valence-electron chi connectivity index (χ3n) is 5.67. The Hall–Kier alpha value is -2.58. The zero-order valence-corrected chi connectivity index (χ0v) is 18.6. The lowest BCUT2D eigenvalue weighted by Gasteiger charge is -2.28. The Morgan fingerprint density at radius 1 is 1.26 bits per heavy atom. The summed E-state index contributed by atoms with van der Waals surface area (Å²) in [6.45, 7) is 3.65. The van der Waals surface area contributed by atoms with Crippen molar-refractivity contribution in [1.29, 1.82) is 0 Å². The maximum absolute atomic E-state index is 13.2. The van der Waals surface area contributed by atoms with E-state index in [4.69, 9.17) is 4.74 Å². The van der Waals surface area contributed by atoms with Gasteiger partial charge in [-0.2, -0.15) is 0 Å². The molecule has 1 aliphatic heterocycles. The van der Waals surface area contributed by atoms with Crippen LogP contribution in [0.25, 0.3) is 0 Å². The van der Waals surface area contributed by atoms with Gasteiger partial charge in [0.25, 0.3) is 0 Å². The van der Waals surface area contributed by atoms with Crippen LogP contribution < -0.4 is 0 Å². The number of aromatic nitrogens is 2. The van der Waals surface area contributed by atoms with Gasteiger partial charge >= 0.3 is 0 Å². The number of thiazole rings is 1. The van der Waals surface area contributed by atoms with Gasteiger partial charge < -0.3 is 14.5 Å².